The molecule has 0 fully saturated rings. The molecule has 0 saturated carbocycles. The minimum absolute atomic E-state index is 0.0872. The molecule has 0 aliphatic rings. The highest BCUT2D eigenvalue weighted by Gasteiger charge is 2.04. The highest BCUT2D eigenvalue weighted by atomic mass is 79.9. The van der Waals surface area contributed by atoms with Crippen molar-refractivity contribution in [3.63, 3.8) is 0 Å². The largest absolute Gasteiger partial charge is 0.368 e. The third-order valence-electron chi connectivity index (χ3n) is 2.30. The van der Waals surface area contributed by atoms with Crippen molar-refractivity contribution in [2.45, 2.75) is 12.3 Å². The predicted molar refractivity (Wildman–Crippen MR) is 73.2 cm³/mol. The molecule has 84 valence electrons. The standard InChI is InChI=1S/C12H12BrClN2/c1-8(14)7-16-12-10-3-2-4-11(13)9(10)5-6-15-12/h2-6,8H,7H2,1H3,(H,15,16). The number of alkyl halides is 1. The van der Waals surface area contributed by atoms with Gasteiger partial charge in [0.2, 0.25) is 0 Å². The molecule has 2 rings (SSSR count). The van der Waals surface area contributed by atoms with Gasteiger partial charge in [0, 0.05) is 33.4 Å². The lowest BCUT2D eigenvalue weighted by Gasteiger charge is -2.10. The summed E-state index contributed by atoms with van der Waals surface area (Å²) < 4.78 is 1.08. The Morgan fingerprint density at radius 3 is 2.94 bits per heavy atom. The molecule has 2 aromatic rings. The van der Waals surface area contributed by atoms with Crippen LogP contribution in [0.15, 0.2) is 34.9 Å². The number of fused-ring (bicyclic) bond motifs is 1. The van der Waals surface area contributed by atoms with Gasteiger partial charge in [-0.3, -0.25) is 0 Å². The number of anilines is 1. The Labute approximate surface area is 108 Å². The van der Waals surface area contributed by atoms with Crippen LogP contribution < -0.4 is 5.32 Å². The van der Waals surface area contributed by atoms with Crippen LogP contribution in [0.4, 0.5) is 5.82 Å². The van der Waals surface area contributed by atoms with Gasteiger partial charge >= 0.3 is 0 Å². The Morgan fingerprint density at radius 2 is 2.19 bits per heavy atom. The quantitative estimate of drug-likeness (QED) is 0.865. The first-order valence-corrected chi connectivity index (χ1v) is 6.32. The molecule has 1 heterocycles. The Morgan fingerprint density at radius 1 is 1.38 bits per heavy atom. The van der Waals surface area contributed by atoms with E-state index in [0.717, 1.165) is 21.1 Å². The van der Waals surface area contributed by atoms with Gasteiger partial charge in [-0.1, -0.05) is 28.1 Å². The monoisotopic (exact) mass is 298 g/mol. The number of hydrogen-bond acceptors (Lipinski definition) is 2. The molecule has 0 aliphatic heterocycles. The normalized spacial score (nSPS) is 12.7. The van der Waals surface area contributed by atoms with E-state index >= 15 is 0 Å². The summed E-state index contributed by atoms with van der Waals surface area (Å²) in [6.45, 7) is 2.66. The van der Waals surface area contributed by atoms with Gasteiger partial charge < -0.3 is 5.32 Å². The summed E-state index contributed by atoms with van der Waals surface area (Å²) in [6, 6.07) is 8.07. The summed E-state index contributed by atoms with van der Waals surface area (Å²) in [7, 11) is 0. The molecule has 2 nitrogen and oxygen atoms in total. The zero-order valence-electron chi connectivity index (χ0n) is 8.87. The van der Waals surface area contributed by atoms with Crippen LogP contribution in [0.25, 0.3) is 10.8 Å². The summed E-state index contributed by atoms with van der Waals surface area (Å²) in [6.07, 6.45) is 1.80. The van der Waals surface area contributed by atoms with Crippen molar-refractivity contribution in [1.29, 1.82) is 0 Å². The molecule has 1 N–H and O–H groups in total. The van der Waals surface area contributed by atoms with Crippen LogP contribution in [0, 0.1) is 0 Å². The van der Waals surface area contributed by atoms with Crippen molar-refractivity contribution in [1.82, 2.24) is 4.98 Å². The number of nitrogens with zero attached hydrogens (tertiary/aromatic N) is 1. The second-order valence-corrected chi connectivity index (χ2v) is 5.26. The van der Waals surface area contributed by atoms with Crippen LogP contribution >= 0.6 is 27.5 Å². The molecule has 0 bridgehead atoms. The molecule has 0 aliphatic carbocycles. The Hall–Kier alpha value is -0.800. The van der Waals surface area contributed by atoms with Crippen molar-refractivity contribution < 1.29 is 0 Å². The fourth-order valence-corrected chi connectivity index (χ4v) is 2.12. The van der Waals surface area contributed by atoms with E-state index in [2.05, 4.69) is 26.2 Å². The van der Waals surface area contributed by atoms with Gasteiger partial charge in [-0.25, -0.2) is 4.98 Å². The van der Waals surface area contributed by atoms with E-state index in [9.17, 15) is 0 Å². The van der Waals surface area contributed by atoms with E-state index in [1.165, 1.54) is 0 Å². The highest BCUT2D eigenvalue weighted by Crippen LogP contribution is 2.27. The zero-order chi connectivity index (χ0) is 11.5. The van der Waals surface area contributed by atoms with E-state index < -0.39 is 0 Å². The number of nitrogens with one attached hydrogen (secondary N) is 1. The molecule has 0 amide bonds. The molecule has 0 spiro atoms. The Balaban J connectivity index is 2.42. The molecule has 1 aromatic heterocycles. The average Bonchev–Trinajstić information content (AvgIpc) is 2.27. The maximum Gasteiger partial charge on any atom is 0.133 e. The van der Waals surface area contributed by atoms with E-state index in [1.807, 2.05) is 31.2 Å². The van der Waals surface area contributed by atoms with Gasteiger partial charge in [-0.15, -0.1) is 11.6 Å². The SMILES string of the molecule is CC(Cl)CNc1nccc2c(Br)cccc12. The van der Waals surface area contributed by atoms with Crippen LogP contribution in [0.3, 0.4) is 0 Å². The van der Waals surface area contributed by atoms with E-state index in [1.54, 1.807) is 6.20 Å². The van der Waals surface area contributed by atoms with Crippen molar-refractivity contribution in [3.05, 3.63) is 34.9 Å². The van der Waals surface area contributed by atoms with E-state index in [-0.39, 0.29) is 5.38 Å². The lowest BCUT2D eigenvalue weighted by molar-refractivity contribution is 0.981. The molecule has 1 atom stereocenters. The summed E-state index contributed by atoms with van der Waals surface area (Å²) in [5, 5.41) is 5.60. The summed E-state index contributed by atoms with van der Waals surface area (Å²) >= 11 is 9.44. The van der Waals surface area contributed by atoms with Crippen LogP contribution in [-0.4, -0.2) is 16.9 Å². The molecular formula is C12H12BrClN2. The third-order valence-corrected chi connectivity index (χ3v) is 3.15. The minimum Gasteiger partial charge on any atom is -0.368 e. The van der Waals surface area contributed by atoms with Gasteiger partial charge in [0.05, 0.1) is 0 Å². The molecule has 0 radical (unpaired) electrons. The van der Waals surface area contributed by atoms with E-state index in [0.29, 0.717) is 6.54 Å². The topological polar surface area (TPSA) is 24.9 Å². The maximum atomic E-state index is 5.91. The van der Waals surface area contributed by atoms with Crippen molar-refractivity contribution in [2.75, 3.05) is 11.9 Å². The lowest BCUT2D eigenvalue weighted by Crippen LogP contribution is -2.11. The second-order valence-electron chi connectivity index (χ2n) is 3.66. The number of pyridine rings is 1. The molecule has 1 unspecified atom stereocenters. The highest BCUT2D eigenvalue weighted by molar-refractivity contribution is 9.10. The smallest absolute Gasteiger partial charge is 0.133 e. The Bertz CT molecular complexity index is 499. The van der Waals surface area contributed by atoms with Crippen LogP contribution in [-0.2, 0) is 0 Å². The van der Waals surface area contributed by atoms with Gasteiger partial charge in [-0.05, 0) is 19.1 Å². The van der Waals surface area contributed by atoms with Gasteiger partial charge in [-0.2, -0.15) is 0 Å². The van der Waals surface area contributed by atoms with Crippen molar-refractivity contribution in [3.8, 4) is 0 Å². The zero-order valence-corrected chi connectivity index (χ0v) is 11.2. The van der Waals surface area contributed by atoms with Gasteiger partial charge in [0.15, 0.2) is 0 Å². The number of hydrogen-bond donors (Lipinski definition) is 1. The average molecular weight is 300 g/mol. The molecule has 4 heteroatoms. The van der Waals surface area contributed by atoms with Gasteiger partial charge in [0.25, 0.3) is 0 Å². The van der Waals surface area contributed by atoms with E-state index in [4.69, 9.17) is 11.6 Å². The Kier molecular flexibility index (Phi) is 3.66. The number of rotatable bonds is 3. The van der Waals surface area contributed by atoms with Crippen LogP contribution in [0.5, 0.6) is 0 Å². The third kappa shape index (κ3) is 2.47. The fraction of sp³-hybridized carbons (Fsp3) is 0.250. The van der Waals surface area contributed by atoms with Crippen LogP contribution in [0.2, 0.25) is 0 Å². The van der Waals surface area contributed by atoms with Crippen molar-refractivity contribution >= 4 is 44.1 Å². The summed E-state index contributed by atoms with van der Waals surface area (Å²) in [5.74, 6) is 0.881. The number of benzene rings is 1. The van der Waals surface area contributed by atoms with Gasteiger partial charge in [0.1, 0.15) is 5.82 Å². The number of halogens is 2. The van der Waals surface area contributed by atoms with Crippen LogP contribution in [0.1, 0.15) is 6.92 Å². The predicted octanol–water partition coefficient (Wildman–Crippen LogP) is 4.04. The summed E-state index contributed by atoms with van der Waals surface area (Å²) in [5.41, 5.74) is 0. The molecule has 16 heavy (non-hydrogen) atoms. The lowest BCUT2D eigenvalue weighted by atomic mass is 10.1. The first-order chi connectivity index (χ1) is 7.68. The first kappa shape index (κ1) is 11.7. The molecule has 1 aromatic carbocycles. The second kappa shape index (κ2) is 5.02. The van der Waals surface area contributed by atoms with Crippen molar-refractivity contribution in [2.24, 2.45) is 0 Å². The fourth-order valence-electron chi connectivity index (χ4n) is 1.55. The molecular weight excluding hydrogens is 288 g/mol. The number of aromatic nitrogens is 1. The maximum absolute atomic E-state index is 5.91. The minimum atomic E-state index is 0.0872. The summed E-state index contributed by atoms with van der Waals surface area (Å²) in [4.78, 5) is 4.33. The first-order valence-electron chi connectivity index (χ1n) is 5.09. The molecule has 0 saturated heterocycles.